The van der Waals surface area contributed by atoms with Crippen molar-refractivity contribution in [2.24, 2.45) is 0 Å². The van der Waals surface area contributed by atoms with E-state index in [1.165, 1.54) is 5.56 Å². The predicted octanol–water partition coefficient (Wildman–Crippen LogP) is 1.75. The molecule has 2 aromatic rings. The Balaban J connectivity index is 1.74. The molecule has 2 heterocycles. The Kier molecular flexibility index (Phi) is 3.75. The van der Waals surface area contributed by atoms with Crippen LogP contribution in [0.25, 0.3) is 5.69 Å². The van der Waals surface area contributed by atoms with E-state index in [2.05, 4.69) is 29.4 Å². The molecule has 0 unspecified atom stereocenters. The first kappa shape index (κ1) is 13.8. The van der Waals surface area contributed by atoms with Gasteiger partial charge in [0.25, 0.3) is 0 Å². The number of amides is 1. The lowest BCUT2D eigenvalue weighted by Gasteiger charge is -2.19. The summed E-state index contributed by atoms with van der Waals surface area (Å²) in [5.74, 6) is 0.188. The summed E-state index contributed by atoms with van der Waals surface area (Å²) in [5, 5.41) is 3.43. The quantitative estimate of drug-likeness (QED) is 0.930. The van der Waals surface area contributed by atoms with Crippen molar-refractivity contribution in [1.29, 1.82) is 0 Å². The summed E-state index contributed by atoms with van der Waals surface area (Å²) in [6, 6.07) is 8.36. The number of carbonyl (C=O) groups excluding carboxylic acids is 1. The van der Waals surface area contributed by atoms with Gasteiger partial charge in [-0.1, -0.05) is 12.1 Å². The average molecular weight is 284 g/mol. The highest BCUT2D eigenvalue weighted by Gasteiger charge is 2.29. The van der Waals surface area contributed by atoms with Crippen LogP contribution in [0.1, 0.15) is 24.9 Å². The third-order valence-corrected chi connectivity index (χ3v) is 4.05. The second-order valence-electron chi connectivity index (χ2n) is 5.55. The summed E-state index contributed by atoms with van der Waals surface area (Å²) in [7, 11) is 1.86. The number of likely N-dealkylation sites (N-methyl/N-ethyl adjacent to an activating group) is 1. The molecule has 0 radical (unpaired) electrons. The monoisotopic (exact) mass is 284 g/mol. The van der Waals surface area contributed by atoms with Gasteiger partial charge in [0.15, 0.2) is 0 Å². The van der Waals surface area contributed by atoms with Crippen molar-refractivity contribution in [2.75, 3.05) is 13.6 Å². The van der Waals surface area contributed by atoms with Gasteiger partial charge in [-0.25, -0.2) is 4.98 Å². The van der Waals surface area contributed by atoms with Crippen LogP contribution in [0.15, 0.2) is 43.0 Å². The van der Waals surface area contributed by atoms with Gasteiger partial charge in [0.2, 0.25) is 5.91 Å². The van der Waals surface area contributed by atoms with Crippen molar-refractivity contribution in [3.05, 3.63) is 48.5 Å². The van der Waals surface area contributed by atoms with E-state index in [1.807, 2.05) is 29.9 Å². The molecule has 1 fully saturated rings. The number of nitrogens with zero attached hydrogens (tertiary/aromatic N) is 3. The first-order valence-corrected chi connectivity index (χ1v) is 7.24. The minimum Gasteiger partial charge on any atom is -0.344 e. The number of nitrogens with one attached hydrogen (secondary N) is 1. The minimum atomic E-state index is -0.0677. The molecule has 1 aliphatic rings. The molecule has 1 saturated heterocycles. The van der Waals surface area contributed by atoms with Gasteiger partial charge in [0.05, 0.1) is 12.4 Å². The van der Waals surface area contributed by atoms with Crippen LogP contribution in [-0.2, 0) is 4.79 Å². The van der Waals surface area contributed by atoms with Gasteiger partial charge in [0.1, 0.15) is 0 Å². The van der Waals surface area contributed by atoms with Crippen LogP contribution in [0, 0.1) is 0 Å². The number of hydrogen-bond donors (Lipinski definition) is 1. The summed E-state index contributed by atoms with van der Waals surface area (Å²) in [6.07, 6.45) is 6.35. The summed E-state index contributed by atoms with van der Waals surface area (Å²) in [5.41, 5.74) is 2.25. The molecule has 3 rings (SSSR count). The van der Waals surface area contributed by atoms with E-state index in [9.17, 15) is 4.79 Å². The molecule has 1 amide bonds. The molecule has 0 saturated carbocycles. The standard InChI is InChI=1S/C16H20N4O/c1-12(18-15-6-8-19(2)16(15)21)13-4-3-5-14(10-13)20-9-7-17-11-20/h3-5,7,9-12,15,18H,6,8H2,1-2H3/t12-,15+/m1/s1. The highest BCUT2D eigenvalue weighted by molar-refractivity contribution is 5.83. The van der Waals surface area contributed by atoms with Crippen LogP contribution in [0.5, 0.6) is 0 Å². The van der Waals surface area contributed by atoms with E-state index < -0.39 is 0 Å². The van der Waals surface area contributed by atoms with Gasteiger partial charge in [0, 0.05) is 37.7 Å². The molecule has 1 N–H and O–H groups in total. The molecule has 5 heteroatoms. The number of aromatic nitrogens is 2. The Morgan fingerprint density at radius 3 is 2.95 bits per heavy atom. The van der Waals surface area contributed by atoms with Crippen molar-refractivity contribution >= 4 is 5.91 Å². The third kappa shape index (κ3) is 2.83. The maximum Gasteiger partial charge on any atom is 0.239 e. The first-order chi connectivity index (χ1) is 10.1. The molecule has 110 valence electrons. The number of benzene rings is 1. The maximum absolute atomic E-state index is 12.0. The van der Waals surface area contributed by atoms with E-state index in [1.54, 1.807) is 17.4 Å². The smallest absolute Gasteiger partial charge is 0.239 e. The van der Waals surface area contributed by atoms with Crippen LogP contribution >= 0.6 is 0 Å². The highest BCUT2D eigenvalue weighted by Crippen LogP contribution is 2.19. The topological polar surface area (TPSA) is 50.2 Å². The largest absolute Gasteiger partial charge is 0.344 e. The summed E-state index contributed by atoms with van der Waals surface area (Å²) >= 11 is 0. The second kappa shape index (κ2) is 5.69. The lowest BCUT2D eigenvalue weighted by Crippen LogP contribution is -2.38. The van der Waals surface area contributed by atoms with Gasteiger partial charge in [-0.2, -0.15) is 0 Å². The van der Waals surface area contributed by atoms with Gasteiger partial charge in [-0.15, -0.1) is 0 Å². The van der Waals surface area contributed by atoms with Crippen LogP contribution in [-0.4, -0.2) is 40.0 Å². The Morgan fingerprint density at radius 2 is 2.29 bits per heavy atom. The molecule has 5 nitrogen and oxygen atoms in total. The zero-order valence-electron chi connectivity index (χ0n) is 12.4. The normalized spacial score (nSPS) is 20.0. The van der Waals surface area contributed by atoms with Gasteiger partial charge in [-0.3, -0.25) is 10.1 Å². The van der Waals surface area contributed by atoms with Crippen LogP contribution in [0.3, 0.4) is 0 Å². The Bertz CT molecular complexity index is 623. The maximum atomic E-state index is 12.0. The van der Waals surface area contributed by atoms with Crippen LogP contribution in [0.2, 0.25) is 0 Å². The summed E-state index contributed by atoms with van der Waals surface area (Å²) < 4.78 is 1.98. The van der Waals surface area contributed by atoms with Crippen molar-refractivity contribution < 1.29 is 4.79 Å². The zero-order chi connectivity index (χ0) is 14.8. The Hall–Kier alpha value is -2.14. The number of likely N-dealkylation sites (tertiary alicyclic amines) is 1. The van der Waals surface area contributed by atoms with E-state index in [0.29, 0.717) is 0 Å². The van der Waals surface area contributed by atoms with E-state index in [0.717, 1.165) is 18.7 Å². The van der Waals surface area contributed by atoms with Crippen LogP contribution < -0.4 is 5.32 Å². The van der Waals surface area contributed by atoms with Gasteiger partial charge >= 0.3 is 0 Å². The highest BCUT2D eigenvalue weighted by atomic mass is 16.2. The number of imidazole rings is 1. The van der Waals surface area contributed by atoms with E-state index >= 15 is 0 Å². The average Bonchev–Trinajstić information content (AvgIpc) is 3.13. The Labute approximate surface area is 124 Å². The number of hydrogen-bond acceptors (Lipinski definition) is 3. The Morgan fingerprint density at radius 1 is 1.43 bits per heavy atom. The summed E-state index contributed by atoms with van der Waals surface area (Å²) in [4.78, 5) is 17.8. The molecule has 2 atom stereocenters. The zero-order valence-corrected chi connectivity index (χ0v) is 12.4. The number of carbonyl (C=O) groups is 1. The molecule has 21 heavy (non-hydrogen) atoms. The minimum absolute atomic E-state index is 0.0677. The molecular weight excluding hydrogens is 264 g/mol. The molecule has 1 aromatic carbocycles. The van der Waals surface area contributed by atoms with Crippen molar-refractivity contribution in [3.63, 3.8) is 0 Å². The summed E-state index contributed by atoms with van der Waals surface area (Å²) in [6.45, 7) is 2.93. The second-order valence-corrected chi connectivity index (χ2v) is 5.55. The molecule has 0 bridgehead atoms. The predicted molar refractivity (Wildman–Crippen MR) is 81.2 cm³/mol. The SMILES string of the molecule is C[C@@H](N[C@H]1CCN(C)C1=O)c1cccc(-n2ccnc2)c1. The number of rotatable bonds is 4. The van der Waals surface area contributed by atoms with Crippen molar-refractivity contribution in [2.45, 2.75) is 25.4 Å². The first-order valence-electron chi connectivity index (χ1n) is 7.24. The fourth-order valence-corrected chi connectivity index (χ4v) is 2.74. The van der Waals surface area contributed by atoms with E-state index in [-0.39, 0.29) is 18.0 Å². The molecule has 1 aliphatic heterocycles. The van der Waals surface area contributed by atoms with Crippen LogP contribution in [0.4, 0.5) is 0 Å². The molecule has 0 spiro atoms. The molecule has 1 aromatic heterocycles. The van der Waals surface area contributed by atoms with Crippen molar-refractivity contribution in [1.82, 2.24) is 19.8 Å². The van der Waals surface area contributed by atoms with Gasteiger partial charge < -0.3 is 9.47 Å². The molecule has 0 aliphatic carbocycles. The third-order valence-electron chi connectivity index (χ3n) is 4.05. The van der Waals surface area contributed by atoms with Crippen molar-refractivity contribution in [3.8, 4) is 5.69 Å². The molecular formula is C16H20N4O. The van der Waals surface area contributed by atoms with E-state index in [4.69, 9.17) is 0 Å². The lowest BCUT2D eigenvalue weighted by atomic mass is 10.1. The fourth-order valence-electron chi connectivity index (χ4n) is 2.74. The fraction of sp³-hybridized carbons (Fsp3) is 0.375. The lowest BCUT2D eigenvalue weighted by molar-refractivity contribution is -0.128. The van der Waals surface area contributed by atoms with Gasteiger partial charge in [-0.05, 0) is 31.0 Å².